The minimum absolute atomic E-state index is 0.0934. The molecule has 0 radical (unpaired) electrons. The molecule has 0 aliphatic carbocycles. The third kappa shape index (κ3) is 3.52. The summed E-state index contributed by atoms with van der Waals surface area (Å²) in [4.78, 5) is 30.6. The topological polar surface area (TPSA) is 53.8 Å². The Bertz CT molecular complexity index is 1120. The van der Waals surface area contributed by atoms with E-state index in [0.717, 1.165) is 26.1 Å². The molecule has 0 saturated carbocycles. The smallest absolute Gasteiger partial charge is 0.290 e. The van der Waals surface area contributed by atoms with E-state index in [1.807, 2.05) is 0 Å². The molecule has 5 nitrogen and oxygen atoms in total. The van der Waals surface area contributed by atoms with Gasteiger partial charge < -0.3 is 14.2 Å². The fraction of sp³-hybridized carbons (Fsp3) is 0.333. The zero-order chi connectivity index (χ0) is 21.3. The molecule has 0 fully saturated rings. The molecule has 30 heavy (non-hydrogen) atoms. The van der Waals surface area contributed by atoms with Gasteiger partial charge in [-0.3, -0.25) is 9.59 Å². The minimum atomic E-state index is -0.578. The van der Waals surface area contributed by atoms with Crippen molar-refractivity contribution in [2.45, 2.75) is 26.3 Å². The number of rotatable bonds is 7. The second-order valence-corrected chi connectivity index (χ2v) is 7.50. The van der Waals surface area contributed by atoms with E-state index in [0.29, 0.717) is 28.6 Å². The SMILES string of the molecule is CCN(CC)CCCN1C(=O)c2oc3ccccc3c(=O)c2C1c1ccc(F)cc1. The maximum absolute atomic E-state index is 13.5. The third-order valence-electron chi connectivity index (χ3n) is 5.83. The molecule has 2 heterocycles. The van der Waals surface area contributed by atoms with Crippen molar-refractivity contribution in [1.82, 2.24) is 9.80 Å². The van der Waals surface area contributed by atoms with Crippen LogP contribution in [0.2, 0.25) is 0 Å². The highest BCUT2D eigenvalue weighted by Crippen LogP contribution is 2.38. The van der Waals surface area contributed by atoms with Crippen LogP contribution in [0.15, 0.2) is 57.7 Å². The Morgan fingerprint density at radius 2 is 1.73 bits per heavy atom. The summed E-state index contributed by atoms with van der Waals surface area (Å²) in [6, 6.07) is 12.3. The van der Waals surface area contributed by atoms with Crippen LogP contribution in [0.4, 0.5) is 4.39 Å². The van der Waals surface area contributed by atoms with E-state index in [1.54, 1.807) is 41.3 Å². The first kappa shape index (κ1) is 20.3. The van der Waals surface area contributed by atoms with Crippen molar-refractivity contribution in [3.8, 4) is 0 Å². The number of halogens is 1. The first-order valence-corrected chi connectivity index (χ1v) is 10.4. The predicted molar refractivity (Wildman–Crippen MR) is 114 cm³/mol. The van der Waals surface area contributed by atoms with Crippen molar-refractivity contribution in [1.29, 1.82) is 0 Å². The van der Waals surface area contributed by atoms with Gasteiger partial charge in [0, 0.05) is 6.54 Å². The van der Waals surface area contributed by atoms with Crippen LogP contribution in [-0.4, -0.2) is 41.9 Å². The number of amides is 1. The number of benzene rings is 2. The lowest BCUT2D eigenvalue weighted by molar-refractivity contribution is 0.0720. The summed E-state index contributed by atoms with van der Waals surface area (Å²) in [5.74, 6) is -0.556. The lowest BCUT2D eigenvalue weighted by atomic mass is 9.98. The summed E-state index contributed by atoms with van der Waals surface area (Å²) in [6.45, 7) is 7.44. The maximum Gasteiger partial charge on any atom is 0.290 e. The summed E-state index contributed by atoms with van der Waals surface area (Å²) in [5.41, 5.74) is 1.24. The molecule has 6 heteroatoms. The zero-order valence-electron chi connectivity index (χ0n) is 17.2. The first-order chi connectivity index (χ1) is 14.5. The normalized spacial score (nSPS) is 15.9. The van der Waals surface area contributed by atoms with Crippen LogP contribution in [0.3, 0.4) is 0 Å². The average Bonchev–Trinajstić information content (AvgIpc) is 3.04. The van der Waals surface area contributed by atoms with E-state index in [9.17, 15) is 14.0 Å². The lowest BCUT2D eigenvalue weighted by Crippen LogP contribution is -2.33. The van der Waals surface area contributed by atoms with E-state index < -0.39 is 6.04 Å². The summed E-state index contributed by atoms with van der Waals surface area (Å²) < 4.78 is 19.4. The van der Waals surface area contributed by atoms with Crippen LogP contribution in [-0.2, 0) is 0 Å². The molecule has 3 aromatic rings. The fourth-order valence-corrected chi connectivity index (χ4v) is 4.19. The third-order valence-corrected chi connectivity index (χ3v) is 5.83. The molecule has 1 amide bonds. The molecule has 0 saturated heterocycles. The standard InChI is InChI=1S/C24H25FN2O3/c1-3-26(4-2)14-7-15-27-21(16-10-12-17(25)13-11-16)20-22(28)18-8-5-6-9-19(18)30-23(20)24(27)29/h5-6,8-13,21H,3-4,7,14-15H2,1-2H3. The highest BCUT2D eigenvalue weighted by molar-refractivity contribution is 5.99. The minimum Gasteiger partial charge on any atom is -0.450 e. The van der Waals surface area contributed by atoms with E-state index in [1.165, 1.54) is 12.1 Å². The van der Waals surface area contributed by atoms with Crippen LogP contribution in [0, 0.1) is 5.82 Å². The molecular weight excluding hydrogens is 383 g/mol. The number of carbonyl (C=O) groups excluding carboxylic acids is 1. The Morgan fingerprint density at radius 1 is 1.03 bits per heavy atom. The van der Waals surface area contributed by atoms with Crippen molar-refractivity contribution in [2.24, 2.45) is 0 Å². The van der Waals surface area contributed by atoms with Gasteiger partial charge in [-0.15, -0.1) is 0 Å². The number of carbonyl (C=O) groups is 1. The van der Waals surface area contributed by atoms with Gasteiger partial charge in [0.25, 0.3) is 5.91 Å². The van der Waals surface area contributed by atoms with Crippen molar-refractivity contribution in [3.63, 3.8) is 0 Å². The molecule has 1 aromatic heterocycles. The summed E-state index contributed by atoms with van der Waals surface area (Å²) >= 11 is 0. The number of hydrogen-bond donors (Lipinski definition) is 0. The number of para-hydroxylation sites is 1. The monoisotopic (exact) mass is 408 g/mol. The Morgan fingerprint density at radius 3 is 2.43 bits per heavy atom. The quantitative estimate of drug-likeness (QED) is 0.588. The number of hydrogen-bond acceptors (Lipinski definition) is 4. The largest absolute Gasteiger partial charge is 0.450 e. The second-order valence-electron chi connectivity index (χ2n) is 7.50. The van der Waals surface area contributed by atoms with Gasteiger partial charge >= 0.3 is 0 Å². The van der Waals surface area contributed by atoms with E-state index in [2.05, 4.69) is 18.7 Å². The number of fused-ring (bicyclic) bond motifs is 2. The average molecular weight is 408 g/mol. The van der Waals surface area contributed by atoms with Crippen LogP contribution >= 0.6 is 0 Å². The second kappa shape index (κ2) is 8.40. The van der Waals surface area contributed by atoms with Crippen molar-refractivity contribution >= 4 is 16.9 Å². The van der Waals surface area contributed by atoms with Gasteiger partial charge in [-0.05, 0) is 55.9 Å². The van der Waals surface area contributed by atoms with Crippen LogP contribution in [0.5, 0.6) is 0 Å². The van der Waals surface area contributed by atoms with E-state index in [-0.39, 0.29) is 22.9 Å². The molecule has 2 aromatic carbocycles. The summed E-state index contributed by atoms with van der Waals surface area (Å²) in [5, 5.41) is 0.446. The Hall–Kier alpha value is -2.99. The Balaban J connectivity index is 1.78. The van der Waals surface area contributed by atoms with Crippen molar-refractivity contribution < 1.29 is 13.6 Å². The fourth-order valence-electron chi connectivity index (χ4n) is 4.19. The molecule has 1 atom stereocenters. The molecule has 0 bridgehead atoms. The first-order valence-electron chi connectivity index (χ1n) is 10.4. The van der Waals surface area contributed by atoms with E-state index in [4.69, 9.17) is 4.42 Å². The van der Waals surface area contributed by atoms with Crippen LogP contribution < -0.4 is 5.43 Å². The molecule has 1 unspecified atom stereocenters. The molecule has 0 spiro atoms. The van der Waals surface area contributed by atoms with Crippen LogP contribution in [0.1, 0.15) is 48.0 Å². The van der Waals surface area contributed by atoms with E-state index >= 15 is 0 Å². The summed E-state index contributed by atoms with van der Waals surface area (Å²) in [7, 11) is 0. The highest BCUT2D eigenvalue weighted by Gasteiger charge is 2.42. The molecular formula is C24H25FN2O3. The Kier molecular flexibility index (Phi) is 5.68. The molecule has 156 valence electrons. The van der Waals surface area contributed by atoms with Gasteiger partial charge in [0.15, 0.2) is 5.43 Å². The molecule has 0 N–H and O–H groups in total. The highest BCUT2D eigenvalue weighted by atomic mass is 19.1. The maximum atomic E-state index is 13.5. The van der Waals surface area contributed by atoms with Crippen molar-refractivity contribution in [2.75, 3.05) is 26.2 Å². The Labute approximate surface area is 174 Å². The number of nitrogens with zero attached hydrogens (tertiary/aromatic N) is 2. The summed E-state index contributed by atoms with van der Waals surface area (Å²) in [6.07, 6.45) is 0.771. The lowest BCUT2D eigenvalue weighted by Gasteiger charge is -2.26. The van der Waals surface area contributed by atoms with Gasteiger partial charge in [0.05, 0.1) is 17.0 Å². The van der Waals surface area contributed by atoms with Gasteiger partial charge in [-0.1, -0.05) is 38.1 Å². The molecule has 4 rings (SSSR count). The predicted octanol–water partition coefficient (Wildman–Crippen LogP) is 4.21. The van der Waals surface area contributed by atoms with Crippen molar-refractivity contribution in [3.05, 3.63) is 81.5 Å². The zero-order valence-corrected chi connectivity index (χ0v) is 17.2. The van der Waals surface area contributed by atoms with Gasteiger partial charge in [-0.2, -0.15) is 0 Å². The van der Waals surface area contributed by atoms with Crippen LogP contribution in [0.25, 0.3) is 11.0 Å². The van der Waals surface area contributed by atoms with Gasteiger partial charge in [0.1, 0.15) is 11.4 Å². The molecule has 1 aliphatic rings. The van der Waals surface area contributed by atoms with Gasteiger partial charge in [0.2, 0.25) is 5.76 Å². The van der Waals surface area contributed by atoms with Gasteiger partial charge in [-0.25, -0.2) is 4.39 Å². The molecule has 1 aliphatic heterocycles.